The van der Waals surface area contributed by atoms with Crippen LogP contribution in [0.4, 0.5) is 0 Å². The zero-order valence-electron chi connectivity index (χ0n) is 8.04. The maximum atomic E-state index is 2.56. The molecule has 0 atom stereocenters. The van der Waals surface area contributed by atoms with E-state index < -0.39 is 8.07 Å². The van der Waals surface area contributed by atoms with E-state index in [1.54, 1.807) is 0 Å². The van der Waals surface area contributed by atoms with Crippen molar-refractivity contribution >= 4 is 8.07 Å². The highest BCUT2D eigenvalue weighted by atomic mass is 28.3. The van der Waals surface area contributed by atoms with Crippen molar-refractivity contribution in [3.8, 4) is 0 Å². The summed E-state index contributed by atoms with van der Waals surface area (Å²) in [6, 6.07) is 4.56. The van der Waals surface area contributed by atoms with E-state index in [1.165, 1.54) is 31.0 Å². The monoisotopic (exact) mass is 158 g/mol. The Kier molecular flexibility index (Phi) is 5.05. The van der Waals surface area contributed by atoms with Crippen molar-refractivity contribution in [2.75, 3.05) is 0 Å². The zero-order valence-corrected chi connectivity index (χ0v) is 9.04. The summed E-state index contributed by atoms with van der Waals surface area (Å²) >= 11 is 0. The van der Waals surface area contributed by atoms with Gasteiger partial charge in [0, 0.05) is 0 Å². The van der Waals surface area contributed by atoms with Crippen molar-refractivity contribution in [2.45, 2.75) is 58.3 Å². The molecule has 0 amide bonds. The Hall–Kier alpha value is 0.217. The van der Waals surface area contributed by atoms with Gasteiger partial charge >= 0.3 is 0 Å². The van der Waals surface area contributed by atoms with Crippen LogP contribution < -0.4 is 0 Å². The first-order valence-corrected chi connectivity index (χ1v) is 7.80. The van der Waals surface area contributed by atoms with Crippen LogP contribution in [-0.4, -0.2) is 8.07 Å². The van der Waals surface area contributed by atoms with Crippen LogP contribution in [0.3, 0.4) is 0 Å². The van der Waals surface area contributed by atoms with Crippen LogP contribution in [0, 0.1) is 0 Å². The summed E-state index contributed by atoms with van der Waals surface area (Å²) in [4.78, 5) is 0. The van der Waals surface area contributed by atoms with Crippen LogP contribution in [0.5, 0.6) is 0 Å². The highest BCUT2D eigenvalue weighted by Crippen LogP contribution is 2.23. The molecule has 0 saturated heterocycles. The Morgan fingerprint density at radius 1 is 0.900 bits per heavy atom. The summed E-state index contributed by atoms with van der Waals surface area (Å²) in [6.45, 7) is 9.56. The third-order valence-electron chi connectivity index (χ3n) is 2.56. The predicted octanol–water partition coefficient (Wildman–Crippen LogP) is 3.90. The lowest BCUT2D eigenvalue weighted by molar-refractivity contribution is 0.964. The second kappa shape index (κ2) is 4.95. The van der Waals surface area contributed by atoms with E-state index in [1.807, 2.05) is 0 Å². The Bertz CT molecular complexity index is 72.8. The topological polar surface area (TPSA) is 0 Å². The van der Waals surface area contributed by atoms with E-state index >= 15 is 0 Å². The summed E-state index contributed by atoms with van der Waals surface area (Å²) in [7, 11) is -0.723. The molecular formula is C9H22Si. The molecule has 0 aromatic rings. The molecule has 10 heavy (non-hydrogen) atoms. The summed E-state index contributed by atoms with van der Waals surface area (Å²) in [5.41, 5.74) is 0. The van der Waals surface area contributed by atoms with Gasteiger partial charge in [0.15, 0.2) is 0 Å². The Morgan fingerprint density at radius 3 is 1.50 bits per heavy atom. The van der Waals surface area contributed by atoms with E-state index in [0.29, 0.717) is 0 Å². The molecule has 0 radical (unpaired) electrons. The lowest BCUT2D eigenvalue weighted by Gasteiger charge is -2.24. The first-order valence-electron chi connectivity index (χ1n) is 4.68. The van der Waals surface area contributed by atoms with Gasteiger partial charge in [0.25, 0.3) is 0 Å². The van der Waals surface area contributed by atoms with Crippen molar-refractivity contribution < 1.29 is 0 Å². The fraction of sp³-hybridized carbons (Fsp3) is 1.00. The number of rotatable bonds is 5. The van der Waals surface area contributed by atoms with Gasteiger partial charge in [-0.2, -0.15) is 0 Å². The van der Waals surface area contributed by atoms with Crippen molar-refractivity contribution in [3.05, 3.63) is 0 Å². The smallest absolute Gasteiger partial charge is 0.0501 e. The van der Waals surface area contributed by atoms with Gasteiger partial charge in [-0.15, -0.1) is 0 Å². The average molecular weight is 158 g/mol. The fourth-order valence-corrected chi connectivity index (χ4v) is 5.06. The highest BCUT2D eigenvalue weighted by Gasteiger charge is 2.21. The molecular weight excluding hydrogens is 136 g/mol. The summed E-state index contributed by atoms with van der Waals surface area (Å²) in [5.74, 6) is 0. The molecule has 0 heterocycles. The zero-order chi connectivity index (χ0) is 8.04. The molecule has 0 fully saturated rings. The van der Waals surface area contributed by atoms with Gasteiger partial charge in [-0.1, -0.05) is 58.3 Å². The Labute approximate surface area is 67.0 Å². The first-order chi connectivity index (χ1) is 4.68. The molecule has 0 aliphatic carbocycles. The van der Waals surface area contributed by atoms with Gasteiger partial charge < -0.3 is 0 Å². The van der Waals surface area contributed by atoms with Crippen molar-refractivity contribution in [2.24, 2.45) is 0 Å². The molecule has 0 aromatic heterocycles. The molecule has 0 bridgehead atoms. The minimum Gasteiger partial charge on any atom is -0.0692 e. The molecule has 0 saturated carbocycles. The van der Waals surface area contributed by atoms with Crippen molar-refractivity contribution in [1.82, 2.24) is 0 Å². The van der Waals surface area contributed by atoms with E-state index in [2.05, 4.69) is 27.3 Å². The highest BCUT2D eigenvalue weighted by molar-refractivity contribution is 6.78. The average Bonchev–Trinajstić information content (AvgIpc) is 1.89. The molecule has 0 aromatic carbocycles. The summed E-state index contributed by atoms with van der Waals surface area (Å²) in [5, 5.41) is 0. The molecule has 0 N–H and O–H groups in total. The van der Waals surface area contributed by atoms with Crippen LogP contribution in [0.1, 0.15) is 33.6 Å². The lowest BCUT2D eigenvalue weighted by atomic mass is 10.6. The predicted molar refractivity (Wildman–Crippen MR) is 52.3 cm³/mol. The molecule has 0 unspecified atom stereocenters. The van der Waals surface area contributed by atoms with Crippen LogP contribution in [0.2, 0.25) is 24.7 Å². The largest absolute Gasteiger partial charge is 0.0692 e. The van der Waals surface area contributed by atoms with E-state index in [-0.39, 0.29) is 0 Å². The first kappa shape index (κ1) is 10.2. The summed E-state index contributed by atoms with van der Waals surface area (Å²) in [6.07, 6.45) is 2.80. The normalized spacial score (nSPS) is 12.0. The lowest BCUT2D eigenvalue weighted by Crippen LogP contribution is -2.27. The summed E-state index contributed by atoms with van der Waals surface area (Å²) < 4.78 is 0. The second-order valence-corrected chi connectivity index (χ2v) is 8.99. The number of hydrogen-bond acceptors (Lipinski definition) is 0. The molecule has 0 nitrogen and oxygen atoms in total. The van der Waals surface area contributed by atoms with Crippen LogP contribution in [0.25, 0.3) is 0 Å². The van der Waals surface area contributed by atoms with Gasteiger partial charge in [-0.05, 0) is 0 Å². The fourth-order valence-electron chi connectivity index (χ4n) is 1.69. The molecule has 62 valence electrons. The minimum atomic E-state index is -0.723. The Morgan fingerprint density at radius 2 is 1.30 bits per heavy atom. The SMILES string of the molecule is CCC[Si](C)(CC)CCC. The minimum absolute atomic E-state index is 0.723. The van der Waals surface area contributed by atoms with E-state index in [0.717, 1.165) is 0 Å². The quantitative estimate of drug-likeness (QED) is 0.532. The van der Waals surface area contributed by atoms with Gasteiger partial charge in [-0.25, -0.2) is 0 Å². The third-order valence-corrected chi connectivity index (χ3v) is 7.68. The standard InChI is InChI=1S/C9H22Si/c1-5-8-10(4,7-3)9-6-2/h5-9H2,1-4H3. The molecule has 1 heteroatoms. The van der Waals surface area contributed by atoms with Crippen LogP contribution >= 0.6 is 0 Å². The van der Waals surface area contributed by atoms with Crippen LogP contribution in [-0.2, 0) is 0 Å². The second-order valence-electron chi connectivity index (χ2n) is 3.66. The third kappa shape index (κ3) is 3.40. The van der Waals surface area contributed by atoms with E-state index in [4.69, 9.17) is 0 Å². The number of hydrogen-bond donors (Lipinski definition) is 0. The Balaban J connectivity index is 3.69. The molecule has 0 spiro atoms. The van der Waals surface area contributed by atoms with E-state index in [9.17, 15) is 0 Å². The van der Waals surface area contributed by atoms with Gasteiger partial charge in [0.2, 0.25) is 0 Å². The van der Waals surface area contributed by atoms with Crippen molar-refractivity contribution in [3.63, 3.8) is 0 Å². The van der Waals surface area contributed by atoms with Gasteiger partial charge in [0.05, 0.1) is 8.07 Å². The maximum Gasteiger partial charge on any atom is 0.0501 e. The van der Waals surface area contributed by atoms with Gasteiger partial charge in [0.1, 0.15) is 0 Å². The van der Waals surface area contributed by atoms with Crippen LogP contribution in [0.15, 0.2) is 0 Å². The maximum absolute atomic E-state index is 2.56. The van der Waals surface area contributed by atoms with Crippen molar-refractivity contribution in [1.29, 1.82) is 0 Å². The molecule has 0 rings (SSSR count). The molecule has 0 aliphatic heterocycles. The molecule has 0 aliphatic rings. The van der Waals surface area contributed by atoms with Gasteiger partial charge in [-0.3, -0.25) is 0 Å².